The van der Waals surface area contributed by atoms with Crippen LogP contribution in [0.1, 0.15) is 40.5 Å². The van der Waals surface area contributed by atoms with Gasteiger partial charge in [-0.05, 0) is 40.5 Å². The maximum atomic E-state index is 5.51. The lowest BCUT2D eigenvalue weighted by atomic mass is 9.55. The summed E-state index contributed by atoms with van der Waals surface area (Å²) in [7, 11) is 1.84. The molecule has 2 aliphatic rings. The third kappa shape index (κ3) is 1.49. The van der Waals surface area contributed by atoms with E-state index < -0.39 is 0 Å². The van der Waals surface area contributed by atoms with E-state index in [1.54, 1.807) is 0 Å². The van der Waals surface area contributed by atoms with E-state index in [4.69, 9.17) is 4.74 Å². The van der Waals surface area contributed by atoms with Gasteiger partial charge in [0.05, 0.1) is 5.60 Å². The van der Waals surface area contributed by atoms with E-state index in [1.807, 2.05) is 7.11 Å². The molecule has 0 aromatic carbocycles. The maximum Gasteiger partial charge on any atom is 0.0663 e. The first kappa shape index (κ1) is 10.4. The summed E-state index contributed by atoms with van der Waals surface area (Å²) in [5, 5.41) is 0. The first-order chi connectivity index (χ1) is 6.29. The van der Waals surface area contributed by atoms with Gasteiger partial charge in [0, 0.05) is 31.2 Å². The Kier molecular flexibility index (Phi) is 2.04. The van der Waals surface area contributed by atoms with E-state index in [2.05, 4.69) is 32.6 Å². The highest BCUT2D eigenvalue weighted by Crippen LogP contribution is 2.56. The van der Waals surface area contributed by atoms with Gasteiger partial charge in [0.2, 0.25) is 0 Å². The summed E-state index contributed by atoms with van der Waals surface area (Å²) < 4.78 is 5.51. The standard InChI is InChI=1S/C12H23NO/c1-10(2,3)13-8-12(9-13)6-11(4,7-12)14-5/h6-9H2,1-5H3. The summed E-state index contributed by atoms with van der Waals surface area (Å²) in [6.07, 6.45) is 2.51. The van der Waals surface area contributed by atoms with Crippen LogP contribution in [0.4, 0.5) is 0 Å². The summed E-state index contributed by atoms with van der Waals surface area (Å²) in [5.41, 5.74) is 1.15. The van der Waals surface area contributed by atoms with Crippen LogP contribution in [0.3, 0.4) is 0 Å². The number of methoxy groups -OCH3 is 1. The lowest BCUT2D eigenvalue weighted by Crippen LogP contribution is -2.70. The zero-order valence-corrected chi connectivity index (χ0v) is 10.2. The van der Waals surface area contributed by atoms with Gasteiger partial charge in [0.15, 0.2) is 0 Å². The van der Waals surface area contributed by atoms with Crippen LogP contribution in [0.2, 0.25) is 0 Å². The number of likely N-dealkylation sites (tertiary alicyclic amines) is 1. The molecule has 0 aromatic heterocycles. The molecule has 14 heavy (non-hydrogen) atoms. The minimum Gasteiger partial charge on any atom is -0.378 e. The average molecular weight is 197 g/mol. The van der Waals surface area contributed by atoms with Crippen molar-refractivity contribution in [3.8, 4) is 0 Å². The van der Waals surface area contributed by atoms with Gasteiger partial charge in [-0.3, -0.25) is 4.90 Å². The van der Waals surface area contributed by atoms with Crippen molar-refractivity contribution in [2.75, 3.05) is 20.2 Å². The molecule has 0 aromatic rings. The van der Waals surface area contributed by atoms with Crippen molar-refractivity contribution in [1.29, 1.82) is 0 Å². The Balaban J connectivity index is 1.85. The summed E-state index contributed by atoms with van der Waals surface area (Å²) in [6.45, 7) is 11.7. The fourth-order valence-corrected chi connectivity index (χ4v) is 3.14. The molecule has 1 saturated heterocycles. The van der Waals surface area contributed by atoms with E-state index in [0.29, 0.717) is 11.0 Å². The molecule has 82 valence electrons. The third-order valence-electron chi connectivity index (χ3n) is 3.99. The topological polar surface area (TPSA) is 12.5 Å². The molecule has 2 nitrogen and oxygen atoms in total. The molecular formula is C12H23NO. The molecule has 0 bridgehead atoms. The molecule has 1 saturated carbocycles. The fraction of sp³-hybridized carbons (Fsp3) is 1.00. The highest BCUT2D eigenvalue weighted by atomic mass is 16.5. The van der Waals surface area contributed by atoms with Crippen LogP contribution in [-0.2, 0) is 4.74 Å². The average Bonchev–Trinajstić information content (AvgIpc) is 1.91. The van der Waals surface area contributed by atoms with Crippen molar-refractivity contribution in [2.24, 2.45) is 5.41 Å². The van der Waals surface area contributed by atoms with E-state index in [9.17, 15) is 0 Å². The van der Waals surface area contributed by atoms with Crippen molar-refractivity contribution in [3.05, 3.63) is 0 Å². The van der Waals surface area contributed by atoms with Crippen molar-refractivity contribution < 1.29 is 4.74 Å². The first-order valence-corrected chi connectivity index (χ1v) is 5.59. The smallest absolute Gasteiger partial charge is 0.0663 e. The monoisotopic (exact) mass is 197 g/mol. The second kappa shape index (κ2) is 2.73. The molecule has 2 heteroatoms. The molecule has 1 heterocycles. The lowest BCUT2D eigenvalue weighted by molar-refractivity contribution is -0.209. The molecule has 0 unspecified atom stereocenters. The van der Waals surface area contributed by atoms with Gasteiger partial charge in [0.25, 0.3) is 0 Å². The van der Waals surface area contributed by atoms with Crippen LogP contribution in [0.25, 0.3) is 0 Å². The van der Waals surface area contributed by atoms with Crippen molar-refractivity contribution >= 4 is 0 Å². The van der Waals surface area contributed by atoms with Crippen LogP contribution >= 0.6 is 0 Å². The van der Waals surface area contributed by atoms with E-state index in [1.165, 1.54) is 25.9 Å². The minimum atomic E-state index is 0.184. The lowest BCUT2D eigenvalue weighted by Gasteiger charge is -2.65. The second-order valence-electron chi connectivity index (χ2n) is 6.53. The van der Waals surface area contributed by atoms with Gasteiger partial charge < -0.3 is 4.74 Å². The Hall–Kier alpha value is -0.0800. The normalized spacial score (nSPS) is 29.8. The molecule has 0 amide bonds. The van der Waals surface area contributed by atoms with Gasteiger partial charge in [-0.15, -0.1) is 0 Å². The van der Waals surface area contributed by atoms with Crippen molar-refractivity contribution in [3.63, 3.8) is 0 Å². The van der Waals surface area contributed by atoms with E-state index in [-0.39, 0.29) is 5.60 Å². The Morgan fingerprint density at radius 1 is 1.14 bits per heavy atom. The SMILES string of the molecule is COC1(C)CC2(CN(C(C)(C)C)C2)C1. The first-order valence-electron chi connectivity index (χ1n) is 5.59. The van der Waals surface area contributed by atoms with E-state index >= 15 is 0 Å². The molecular weight excluding hydrogens is 174 g/mol. The number of hydrogen-bond donors (Lipinski definition) is 0. The minimum absolute atomic E-state index is 0.184. The number of nitrogens with zero attached hydrogens (tertiary/aromatic N) is 1. The van der Waals surface area contributed by atoms with Crippen LogP contribution in [0, 0.1) is 5.41 Å². The predicted octanol–water partition coefficient (Wildman–Crippen LogP) is 2.29. The van der Waals surface area contributed by atoms with Gasteiger partial charge in [-0.25, -0.2) is 0 Å². The molecule has 1 spiro atoms. The summed E-state index contributed by atoms with van der Waals surface area (Å²) in [6, 6.07) is 0. The largest absolute Gasteiger partial charge is 0.378 e. The van der Waals surface area contributed by atoms with E-state index in [0.717, 1.165) is 0 Å². The molecule has 1 aliphatic carbocycles. The van der Waals surface area contributed by atoms with Gasteiger partial charge in [-0.2, -0.15) is 0 Å². The number of hydrogen-bond acceptors (Lipinski definition) is 2. The molecule has 0 radical (unpaired) electrons. The molecule has 2 rings (SSSR count). The van der Waals surface area contributed by atoms with Gasteiger partial charge in [-0.1, -0.05) is 0 Å². The number of rotatable bonds is 1. The van der Waals surface area contributed by atoms with Gasteiger partial charge in [0.1, 0.15) is 0 Å². The Labute approximate surface area is 87.6 Å². The number of ether oxygens (including phenoxy) is 1. The summed E-state index contributed by atoms with van der Waals surface area (Å²) >= 11 is 0. The maximum absolute atomic E-state index is 5.51. The quantitative estimate of drug-likeness (QED) is 0.639. The molecule has 1 aliphatic heterocycles. The van der Waals surface area contributed by atoms with Crippen molar-refractivity contribution in [2.45, 2.75) is 51.7 Å². The third-order valence-corrected chi connectivity index (χ3v) is 3.99. The van der Waals surface area contributed by atoms with Crippen LogP contribution in [-0.4, -0.2) is 36.2 Å². The predicted molar refractivity (Wildman–Crippen MR) is 58.4 cm³/mol. The molecule has 0 N–H and O–H groups in total. The second-order valence-corrected chi connectivity index (χ2v) is 6.53. The summed E-state index contributed by atoms with van der Waals surface area (Å²) in [5.74, 6) is 0. The van der Waals surface area contributed by atoms with Crippen LogP contribution < -0.4 is 0 Å². The zero-order valence-electron chi connectivity index (χ0n) is 10.2. The van der Waals surface area contributed by atoms with Crippen molar-refractivity contribution in [1.82, 2.24) is 4.90 Å². The van der Waals surface area contributed by atoms with Crippen LogP contribution in [0.5, 0.6) is 0 Å². The molecule has 0 atom stereocenters. The summed E-state index contributed by atoms with van der Waals surface area (Å²) in [4.78, 5) is 2.57. The highest BCUT2D eigenvalue weighted by Gasteiger charge is 2.59. The van der Waals surface area contributed by atoms with Crippen LogP contribution in [0.15, 0.2) is 0 Å². The zero-order chi connectivity index (χ0) is 10.6. The molecule has 2 fully saturated rings. The van der Waals surface area contributed by atoms with Gasteiger partial charge >= 0.3 is 0 Å². The Morgan fingerprint density at radius 3 is 2.00 bits per heavy atom. The Morgan fingerprint density at radius 2 is 1.64 bits per heavy atom. The highest BCUT2D eigenvalue weighted by molar-refractivity contribution is 5.12. The fourth-order valence-electron chi connectivity index (χ4n) is 3.14. The Bertz CT molecular complexity index is 227.